The third-order valence-corrected chi connectivity index (χ3v) is 5.99. The molecule has 0 aromatic heterocycles. The summed E-state index contributed by atoms with van der Waals surface area (Å²) in [5, 5.41) is 2.85. The van der Waals surface area contributed by atoms with Crippen molar-refractivity contribution in [3.8, 4) is 0 Å². The number of alkyl halides is 3. The second-order valence-electron chi connectivity index (χ2n) is 6.29. The van der Waals surface area contributed by atoms with Gasteiger partial charge in [0.15, 0.2) is 0 Å². The fourth-order valence-electron chi connectivity index (χ4n) is 2.52. The number of sulfonamides is 1. The molecule has 0 heterocycles. The van der Waals surface area contributed by atoms with Gasteiger partial charge >= 0.3 is 6.18 Å². The van der Waals surface area contributed by atoms with Gasteiger partial charge in [0.1, 0.15) is 0 Å². The van der Waals surface area contributed by atoms with E-state index in [1.165, 1.54) is 18.2 Å². The first kappa shape index (κ1) is 22.9. The highest BCUT2D eigenvalue weighted by atomic mass is 35.5. The molecule has 0 aliphatic rings. The van der Waals surface area contributed by atoms with Crippen molar-refractivity contribution in [2.75, 3.05) is 10.0 Å². The number of anilines is 2. The standard InChI is InChI=1S/C20H13Cl2F3N2O3S/c21-14-5-7-15(8-6-14)26-19(28)12-2-1-3-16(10-12)31(29,30)27-18-11-13(20(23,24)25)4-9-17(18)22/h1-11,27H,(H,26,28). The molecule has 11 heteroatoms. The van der Waals surface area contributed by atoms with Crippen LogP contribution in [0.5, 0.6) is 0 Å². The number of benzene rings is 3. The van der Waals surface area contributed by atoms with E-state index < -0.39 is 33.4 Å². The second-order valence-corrected chi connectivity index (χ2v) is 8.81. The summed E-state index contributed by atoms with van der Waals surface area (Å²) in [7, 11) is -4.33. The monoisotopic (exact) mass is 488 g/mol. The summed E-state index contributed by atoms with van der Waals surface area (Å²) in [5.41, 5.74) is -1.04. The summed E-state index contributed by atoms with van der Waals surface area (Å²) < 4.78 is 66.2. The Labute approximate surface area is 185 Å². The number of carbonyl (C=O) groups excluding carboxylic acids is 1. The lowest BCUT2D eigenvalue weighted by atomic mass is 10.2. The highest BCUT2D eigenvalue weighted by Gasteiger charge is 2.31. The van der Waals surface area contributed by atoms with Crippen LogP contribution >= 0.6 is 23.2 Å². The van der Waals surface area contributed by atoms with Crippen LogP contribution in [0.25, 0.3) is 0 Å². The van der Waals surface area contributed by atoms with Gasteiger partial charge in [-0.3, -0.25) is 9.52 Å². The maximum Gasteiger partial charge on any atom is 0.416 e. The smallest absolute Gasteiger partial charge is 0.322 e. The van der Waals surface area contributed by atoms with Crippen LogP contribution in [0.4, 0.5) is 24.5 Å². The van der Waals surface area contributed by atoms with E-state index in [1.807, 2.05) is 4.72 Å². The number of nitrogens with one attached hydrogen (secondary N) is 2. The van der Waals surface area contributed by atoms with Gasteiger partial charge in [-0.2, -0.15) is 13.2 Å². The Kier molecular flexibility index (Phi) is 6.49. The molecule has 1 amide bonds. The van der Waals surface area contributed by atoms with Crippen molar-refractivity contribution in [3.05, 3.63) is 87.9 Å². The van der Waals surface area contributed by atoms with Gasteiger partial charge in [0.25, 0.3) is 15.9 Å². The van der Waals surface area contributed by atoms with Gasteiger partial charge in [0.05, 0.1) is 21.2 Å². The van der Waals surface area contributed by atoms with Crippen molar-refractivity contribution >= 4 is 50.5 Å². The fraction of sp³-hybridized carbons (Fsp3) is 0.0500. The summed E-state index contributed by atoms with van der Waals surface area (Å²) in [5.74, 6) is -0.587. The third kappa shape index (κ3) is 5.69. The van der Waals surface area contributed by atoms with Crippen LogP contribution in [-0.4, -0.2) is 14.3 Å². The largest absolute Gasteiger partial charge is 0.416 e. The van der Waals surface area contributed by atoms with E-state index in [-0.39, 0.29) is 15.5 Å². The summed E-state index contributed by atoms with van der Waals surface area (Å²) in [6.07, 6.45) is -4.68. The summed E-state index contributed by atoms with van der Waals surface area (Å²) >= 11 is 11.6. The predicted octanol–water partition coefficient (Wildman–Crippen LogP) is 6.07. The first-order valence-corrected chi connectivity index (χ1v) is 10.8. The molecule has 5 nitrogen and oxygen atoms in total. The lowest BCUT2D eigenvalue weighted by Gasteiger charge is -2.13. The Balaban J connectivity index is 1.86. The van der Waals surface area contributed by atoms with Gasteiger partial charge in [-0.15, -0.1) is 0 Å². The topological polar surface area (TPSA) is 75.3 Å². The molecule has 0 aliphatic heterocycles. The first-order valence-electron chi connectivity index (χ1n) is 8.52. The van der Waals surface area contributed by atoms with Gasteiger partial charge in [0, 0.05) is 16.3 Å². The first-order chi connectivity index (χ1) is 14.5. The SMILES string of the molecule is O=C(Nc1ccc(Cl)cc1)c1cccc(S(=O)(=O)Nc2cc(C(F)(F)F)ccc2Cl)c1. The van der Waals surface area contributed by atoms with Crippen molar-refractivity contribution < 1.29 is 26.4 Å². The van der Waals surface area contributed by atoms with E-state index in [1.54, 1.807) is 24.3 Å². The second kappa shape index (κ2) is 8.78. The van der Waals surface area contributed by atoms with Crippen LogP contribution in [0.3, 0.4) is 0 Å². The average Bonchev–Trinajstić information content (AvgIpc) is 2.70. The van der Waals surface area contributed by atoms with Crippen molar-refractivity contribution in [2.24, 2.45) is 0 Å². The van der Waals surface area contributed by atoms with Crippen molar-refractivity contribution in [3.63, 3.8) is 0 Å². The minimum atomic E-state index is -4.68. The molecule has 3 aromatic rings. The van der Waals surface area contributed by atoms with Crippen molar-refractivity contribution in [1.29, 1.82) is 0 Å². The summed E-state index contributed by atoms with van der Waals surface area (Å²) in [4.78, 5) is 12.1. The van der Waals surface area contributed by atoms with Crippen LogP contribution < -0.4 is 10.0 Å². The zero-order valence-electron chi connectivity index (χ0n) is 15.4. The molecule has 31 heavy (non-hydrogen) atoms. The van der Waals surface area contributed by atoms with E-state index in [2.05, 4.69) is 5.32 Å². The number of hydrogen-bond donors (Lipinski definition) is 2. The van der Waals surface area contributed by atoms with Gasteiger partial charge in [-0.1, -0.05) is 29.3 Å². The molecule has 0 spiro atoms. The Morgan fingerprint density at radius 3 is 2.23 bits per heavy atom. The van der Waals surface area contributed by atoms with Crippen LogP contribution in [0, 0.1) is 0 Å². The van der Waals surface area contributed by atoms with E-state index in [0.29, 0.717) is 16.8 Å². The molecule has 0 saturated heterocycles. The molecule has 0 atom stereocenters. The summed E-state index contributed by atoms with van der Waals surface area (Å²) in [6.45, 7) is 0. The lowest BCUT2D eigenvalue weighted by Crippen LogP contribution is -2.16. The molecule has 0 saturated carbocycles. The third-order valence-electron chi connectivity index (χ3n) is 4.05. The Bertz CT molecular complexity index is 1230. The molecular formula is C20H13Cl2F3N2O3S. The van der Waals surface area contributed by atoms with E-state index in [0.717, 1.165) is 18.2 Å². The molecule has 2 N–H and O–H groups in total. The number of rotatable bonds is 5. The zero-order chi connectivity index (χ0) is 22.8. The Hall–Kier alpha value is -2.75. The van der Waals surface area contributed by atoms with Gasteiger partial charge < -0.3 is 5.32 Å². The van der Waals surface area contributed by atoms with Crippen molar-refractivity contribution in [2.45, 2.75) is 11.1 Å². The number of hydrogen-bond acceptors (Lipinski definition) is 3. The quantitative estimate of drug-likeness (QED) is 0.457. The Morgan fingerprint density at radius 1 is 0.903 bits per heavy atom. The van der Waals surface area contributed by atoms with Crippen molar-refractivity contribution in [1.82, 2.24) is 0 Å². The lowest BCUT2D eigenvalue weighted by molar-refractivity contribution is -0.137. The minimum absolute atomic E-state index is 0.0213. The maximum atomic E-state index is 12.9. The van der Waals surface area contributed by atoms with Gasteiger partial charge in [0.2, 0.25) is 0 Å². The normalized spacial score (nSPS) is 11.8. The van der Waals surface area contributed by atoms with E-state index >= 15 is 0 Å². The fourth-order valence-corrected chi connectivity index (χ4v) is 3.99. The molecule has 0 fully saturated rings. The molecule has 162 valence electrons. The van der Waals surface area contributed by atoms with Gasteiger partial charge in [-0.25, -0.2) is 8.42 Å². The Morgan fingerprint density at radius 2 is 1.58 bits per heavy atom. The average molecular weight is 489 g/mol. The molecular weight excluding hydrogens is 476 g/mol. The van der Waals surface area contributed by atoms with E-state index in [9.17, 15) is 26.4 Å². The number of halogens is 5. The minimum Gasteiger partial charge on any atom is -0.322 e. The molecule has 0 bridgehead atoms. The molecule has 3 rings (SSSR count). The van der Waals surface area contributed by atoms with Crippen LogP contribution in [0.15, 0.2) is 71.6 Å². The van der Waals surface area contributed by atoms with Gasteiger partial charge in [-0.05, 0) is 60.7 Å². The highest BCUT2D eigenvalue weighted by molar-refractivity contribution is 7.92. The summed E-state index contributed by atoms with van der Waals surface area (Å²) in [6, 6.07) is 13.6. The zero-order valence-corrected chi connectivity index (χ0v) is 17.7. The van der Waals surface area contributed by atoms with E-state index in [4.69, 9.17) is 23.2 Å². The molecule has 0 unspecified atom stereocenters. The molecule has 0 radical (unpaired) electrons. The maximum absolute atomic E-state index is 12.9. The number of carbonyl (C=O) groups is 1. The predicted molar refractivity (Wildman–Crippen MR) is 113 cm³/mol. The van der Waals surface area contributed by atoms with Crippen LogP contribution in [0.2, 0.25) is 10.0 Å². The molecule has 3 aromatic carbocycles. The van der Waals surface area contributed by atoms with Crippen LogP contribution in [0.1, 0.15) is 15.9 Å². The molecule has 0 aliphatic carbocycles. The highest BCUT2D eigenvalue weighted by Crippen LogP contribution is 2.34. The van der Waals surface area contributed by atoms with Crippen LogP contribution in [-0.2, 0) is 16.2 Å². The number of amides is 1.